The van der Waals surface area contributed by atoms with Gasteiger partial charge in [-0.25, -0.2) is 0 Å². The average molecular weight is 593 g/mol. The lowest BCUT2D eigenvalue weighted by Gasteiger charge is -2.09. The number of hydrogen-bond acceptors (Lipinski definition) is 5. The SMILES string of the molecule is CCCCCCCCc1ccc(OCCOCCOCCOCCOCCCCCCI)cc1. The van der Waals surface area contributed by atoms with Gasteiger partial charge in [0.05, 0.1) is 46.2 Å². The Morgan fingerprint density at radius 2 is 1.03 bits per heavy atom. The summed E-state index contributed by atoms with van der Waals surface area (Å²) in [6, 6.07) is 8.49. The highest BCUT2D eigenvalue weighted by atomic mass is 127. The Labute approximate surface area is 222 Å². The second kappa shape index (κ2) is 25.7. The topological polar surface area (TPSA) is 46.2 Å². The number of hydrogen-bond donors (Lipinski definition) is 0. The van der Waals surface area contributed by atoms with Gasteiger partial charge in [0.2, 0.25) is 0 Å². The van der Waals surface area contributed by atoms with Gasteiger partial charge in [-0.1, -0.05) is 86.6 Å². The van der Waals surface area contributed by atoms with Crippen LogP contribution in [0.4, 0.5) is 0 Å². The van der Waals surface area contributed by atoms with E-state index in [9.17, 15) is 0 Å². The summed E-state index contributed by atoms with van der Waals surface area (Å²) in [4.78, 5) is 0. The smallest absolute Gasteiger partial charge is 0.119 e. The molecule has 0 unspecified atom stereocenters. The molecule has 1 aromatic rings. The fraction of sp³-hybridized carbons (Fsp3) is 0.786. The Kier molecular flexibility index (Phi) is 23.9. The first-order valence-electron chi connectivity index (χ1n) is 13.5. The standard InChI is InChI=1S/C28H49IO5/c1-2-3-4-5-6-9-12-27-13-15-28(16-14-27)34-26-25-33-24-23-32-22-21-31-20-19-30-18-11-8-7-10-17-29/h13-16H,2-12,17-26H2,1H3. The summed E-state index contributed by atoms with van der Waals surface area (Å²) >= 11 is 2.43. The average Bonchev–Trinajstić information content (AvgIpc) is 2.86. The van der Waals surface area contributed by atoms with E-state index in [1.54, 1.807) is 0 Å². The minimum absolute atomic E-state index is 0.554. The van der Waals surface area contributed by atoms with Crippen molar-refractivity contribution < 1.29 is 23.7 Å². The maximum atomic E-state index is 5.76. The second-order valence-corrected chi connectivity index (χ2v) is 9.64. The second-order valence-electron chi connectivity index (χ2n) is 8.56. The van der Waals surface area contributed by atoms with Crippen molar-refractivity contribution in [2.75, 3.05) is 63.9 Å². The Morgan fingerprint density at radius 1 is 0.529 bits per heavy atom. The zero-order valence-corrected chi connectivity index (χ0v) is 23.7. The summed E-state index contributed by atoms with van der Waals surface area (Å²) in [5.74, 6) is 0.906. The van der Waals surface area contributed by atoms with Crippen molar-refractivity contribution in [2.24, 2.45) is 0 Å². The van der Waals surface area contributed by atoms with Crippen LogP contribution in [0.1, 0.15) is 76.7 Å². The molecule has 0 fully saturated rings. The van der Waals surface area contributed by atoms with Crippen LogP contribution in [0.5, 0.6) is 5.75 Å². The number of benzene rings is 1. The highest BCUT2D eigenvalue weighted by Gasteiger charge is 1.98. The largest absolute Gasteiger partial charge is 0.491 e. The highest BCUT2D eigenvalue weighted by Crippen LogP contribution is 2.15. The lowest BCUT2D eigenvalue weighted by atomic mass is 10.0. The van der Waals surface area contributed by atoms with Crippen LogP contribution in [0.25, 0.3) is 0 Å². The third-order valence-corrected chi connectivity index (χ3v) is 6.29. The Balaban J connectivity index is 1.81. The van der Waals surface area contributed by atoms with E-state index in [0.717, 1.165) is 25.2 Å². The third-order valence-electron chi connectivity index (χ3n) is 5.53. The molecule has 1 rings (SSSR count). The van der Waals surface area contributed by atoms with Gasteiger partial charge in [0.15, 0.2) is 0 Å². The van der Waals surface area contributed by atoms with Crippen molar-refractivity contribution >= 4 is 22.6 Å². The lowest BCUT2D eigenvalue weighted by molar-refractivity contribution is -0.00486. The molecule has 0 saturated carbocycles. The number of aryl methyl sites for hydroxylation is 1. The number of ether oxygens (including phenoxy) is 5. The molecule has 0 aliphatic heterocycles. The molecule has 0 aromatic heterocycles. The molecule has 5 nitrogen and oxygen atoms in total. The molecule has 198 valence electrons. The Hall–Kier alpha value is -0.410. The molecule has 34 heavy (non-hydrogen) atoms. The summed E-state index contributed by atoms with van der Waals surface area (Å²) in [5, 5.41) is 0. The van der Waals surface area contributed by atoms with Crippen molar-refractivity contribution in [3.05, 3.63) is 29.8 Å². The summed E-state index contributed by atoms with van der Waals surface area (Å²) in [5.41, 5.74) is 1.39. The van der Waals surface area contributed by atoms with Crippen LogP contribution in [-0.2, 0) is 25.4 Å². The predicted molar refractivity (Wildman–Crippen MR) is 150 cm³/mol. The molecule has 0 radical (unpaired) electrons. The summed E-state index contributed by atoms with van der Waals surface area (Å²) in [6.07, 6.45) is 14.2. The summed E-state index contributed by atoms with van der Waals surface area (Å²) in [6.45, 7) is 7.84. The first kappa shape index (κ1) is 31.6. The molecule has 0 bridgehead atoms. The van der Waals surface area contributed by atoms with Crippen molar-refractivity contribution in [2.45, 2.75) is 77.6 Å². The van der Waals surface area contributed by atoms with Gasteiger partial charge >= 0.3 is 0 Å². The summed E-state index contributed by atoms with van der Waals surface area (Å²) < 4.78 is 29.2. The van der Waals surface area contributed by atoms with Gasteiger partial charge in [0, 0.05) is 6.61 Å². The van der Waals surface area contributed by atoms with Crippen LogP contribution >= 0.6 is 22.6 Å². The normalized spacial score (nSPS) is 11.2. The highest BCUT2D eigenvalue weighted by molar-refractivity contribution is 14.1. The third kappa shape index (κ3) is 20.9. The van der Waals surface area contributed by atoms with Gasteiger partial charge in [0.25, 0.3) is 0 Å². The maximum Gasteiger partial charge on any atom is 0.119 e. The zero-order valence-electron chi connectivity index (χ0n) is 21.6. The van der Waals surface area contributed by atoms with E-state index in [1.807, 2.05) is 0 Å². The first-order valence-corrected chi connectivity index (χ1v) is 15.0. The minimum atomic E-state index is 0.554. The fourth-order valence-corrected chi connectivity index (χ4v) is 4.03. The molecule has 0 amide bonds. The van der Waals surface area contributed by atoms with E-state index >= 15 is 0 Å². The molecule has 1 aromatic carbocycles. The minimum Gasteiger partial charge on any atom is -0.491 e. The molecule has 0 aliphatic rings. The Morgan fingerprint density at radius 3 is 1.65 bits per heavy atom. The van der Waals surface area contributed by atoms with Crippen molar-refractivity contribution in [3.63, 3.8) is 0 Å². The molecule has 6 heteroatoms. The van der Waals surface area contributed by atoms with Crippen LogP contribution in [-0.4, -0.2) is 63.9 Å². The quantitative estimate of drug-likeness (QED) is 0.0657. The molecule has 0 N–H and O–H groups in total. The van der Waals surface area contributed by atoms with Gasteiger partial charge in [-0.2, -0.15) is 0 Å². The van der Waals surface area contributed by atoms with Crippen LogP contribution in [0, 0.1) is 0 Å². The predicted octanol–water partition coefficient (Wildman–Crippen LogP) is 7.03. The van der Waals surface area contributed by atoms with Crippen molar-refractivity contribution in [1.29, 1.82) is 0 Å². The van der Waals surface area contributed by atoms with Gasteiger partial charge in [-0.05, 0) is 47.8 Å². The van der Waals surface area contributed by atoms with Crippen LogP contribution < -0.4 is 4.74 Å². The fourth-order valence-electron chi connectivity index (χ4n) is 3.49. The number of unbranched alkanes of at least 4 members (excludes halogenated alkanes) is 8. The zero-order chi connectivity index (χ0) is 24.4. The molecular formula is C28H49IO5. The van der Waals surface area contributed by atoms with Gasteiger partial charge in [-0.15, -0.1) is 0 Å². The summed E-state index contributed by atoms with van der Waals surface area (Å²) in [7, 11) is 0. The van der Waals surface area contributed by atoms with Gasteiger partial charge < -0.3 is 23.7 Å². The maximum absolute atomic E-state index is 5.76. The van der Waals surface area contributed by atoms with Crippen LogP contribution in [0.15, 0.2) is 24.3 Å². The lowest BCUT2D eigenvalue weighted by Crippen LogP contribution is -2.13. The molecular weight excluding hydrogens is 543 g/mol. The molecule has 0 saturated heterocycles. The van der Waals surface area contributed by atoms with E-state index in [1.165, 1.54) is 67.8 Å². The number of rotatable bonds is 26. The van der Waals surface area contributed by atoms with Crippen molar-refractivity contribution in [3.8, 4) is 5.75 Å². The van der Waals surface area contributed by atoms with Gasteiger partial charge in [-0.3, -0.25) is 0 Å². The van der Waals surface area contributed by atoms with Crippen LogP contribution in [0.2, 0.25) is 0 Å². The molecule has 0 atom stereocenters. The molecule has 0 spiro atoms. The van der Waals surface area contributed by atoms with E-state index < -0.39 is 0 Å². The van der Waals surface area contributed by atoms with Gasteiger partial charge in [0.1, 0.15) is 12.4 Å². The Bertz CT molecular complexity index is 526. The van der Waals surface area contributed by atoms with E-state index in [-0.39, 0.29) is 0 Å². The molecule has 0 aliphatic carbocycles. The number of halogens is 1. The van der Waals surface area contributed by atoms with E-state index in [0.29, 0.717) is 52.9 Å². The number of alkyl halides is 1. The van der Waals surface area contributed by atoms with Crippen LogP contribution in [0.3, 0.4) is 0 Å². The van der Waals surface area contributed by atoms with E-state index in [2.05, 4.69) is 53.8 Å². The monoisotopic (exact) mass is 592 g/mol. The van der Waals surface area contributed by atoms with E-state index in [4.69, 9.17) is 23.7 Å². The molecule has 0 heterocycles. The first-order chi connectivity index (χ1) is 16.9. The van der Waals surface area contributed by atoms with Crippen molar-refractivity contribution in [1.82, 2.24) is 0 Å².